The summed E-state index contributed by atoms with van der Waals surface area (Å²) in [6.45, 7) is 10.6. The molecule has 0 N–H and O–H groups in total. The Morgan fingerprint density at radius 3 is 2.00 bits per heavy atom. The van der Waals surface area contributed by atoms with Gasteiger partial charge in [0.1, 0.15) is 0 Å². The average Bonchev–Trinajstić information content (AvgIpc) is 2.39. The van der Waals surface area contributed by atoms with Crippen LogP contribution in [-0.4, -0.2) is 47.9 Å². The normalized spacial score (nSPS) is 17.4. The molecule has 0 saturated carbocycles. The first kappa shape index (κ1) is 15.5. The molecule has 0 spiro atoms. The van der Waals surface area contributed by atoms with Crippen LogP contribution in [0.3, 0.4) is 0 Å². The van der Waals surface area contributed by atoms with Crippen molar-refractivity contribution in [3.05, 3.63) is 0 Å². The maximum atomic E-state index is 11.3. The Bertz CT molecular complexity index is 227. The molecule has 1 rings (SSSR count). The van der Waals surface area contributed by atoms with Crippen LogP contribution in [0.2, 0.25) is 0 Å². The molecule has 1 heterocycles. The summed E-state index contributed by atoms with van der Waals surface area (Å²) in [5, 5.41) is 0. The first-order valence-corrected chi connectivity index (χ1v) is 7.68. The molecule has 1 aliphatic heterocycles. The van der Waals surface area contributed by atoms with Crippen LogP contribution in [0.25, 0.3) is 0 Å². The van der Waals surface area contributed by atoms with Crippen molar-refractivity contribution in [1.29, 1.82) is 0 Å². The monoisotopic (exact) mass is 254 g/mol. The lowest BCUT2D eigenvalue weighted by Gasteiger charge is -2.38. The van der Waals surface area contributed by atoms with Crippen LogP contribution in [0.4, 0.5) is 0 Å². The number of amides is 1. The number of rotatable bonds is 7. The number of carbonyl (C=O) groups is 1. The molecule has 106 valence electrons. The van der Waals surface area contributed by atoms with Crippen molar-refractivity contribution >= 4 is 5.91 Å². The Kier molecular flexibility index (Phi) is 7.33. The molecule has 1 aliphatic rings. The van der Waals surface area contributed by atoms with E-state index in [0.717, 1.165) is 25.9 Å². The number of likely N-dealkylation sites (tertiary alicyclic amines) is 1. The van der Waals surface area contributed by atoms with Gasteiger partial charge in [-0.05, 0) is 38.8 Å². The van der Waals surface area contributed by atoms with Crippen LogP contribution in [0.1, 0.15) is 59.3 Å². The molecule has 0 aromatic carbocycles. The summed E-state index contributed by atoms with van der Waals surface area (Å²) in [6.07, 6.45) is 7.47. The molecule has 1 fully saturated rings. The molecule has 0 unspecified atom stereocenters. The molecule has 3 nitrogen and oxygen atoms in total. The van der Waals surface area contributed by atoms with Crippen molar-refractivity contribution in [3.8, 4) is 0 Å². The maximum Gasteiger partial charge on any atom is 0.219 e. The van der Waals surface area contributed by atoms with Crippen molar-refractivity contribution in [2.75, 3.05) is 26.2 Å². The fourth-order valence-corrected chi connectivity index (χ4v) is 2.75. The second-order valence-electron chi connectivity index (χ2n) is 5.48. The van der Waals surface area contributed by atoms with Crippen molar-refractivity contribution in [1.82, 2.24) is 9.80 Å². The predicted molar refractivity (Wildman–Crippen MR) is 76.7 cm³/mol. The Balaban J connectivity index is 2.40. The second-order valence-corrected chi connectivity index (χ2v) is 5.48. The molecule has 1 saturated heterocycles. The third-order valence-electron chi connectivity index (χ3n) is 4.02. The Hall–Kier alpha value is -0.570. The van der Waals surface area contributed by atoms with Crippen LogP contribution in [0, 0.1) is 0 Å². The topological polar surface area (TPSA) is 23.6 Å². The summed E-state index contributed by atoms with van der Waals surface area (Å²) in [7, 11) is 0. The highest BCUT2D eigenvalue weighted by atomic mass is 16.2. The van der Waals surface area contributed by atoms with E-state index in [1.165, 1.54) is 38.8 Å². The molecule has 0 radical (unpaired) electrons. The van der Waals surface area contributed by atoms with E-state index in [1.807, 2.05) is 4.90 Å². The van der Waals surface area contributed by atoms with Crippen molar-refractivity contribution in [2.45, 2.75) is 65.3 Å². The van der Waals surface area contributed by atoms with Gasteiger partial charge in [0.25, 0.3) is 0 Å². The van der Waals surface area contributed by atoms with Gasteiger partial charge in [0, 0.05) is 26.1 Å². The number of nitrogens with zero attached hydrogens (tertiary/aromatic N) is 2. The maximum absolute atomic E-state index is 11.3. The van der Waals surface area contributed by atoms with E-state index in [-0.39, 0.29) is 5.91 Å². The van der Waals surface area contributed by atoms with Gasteiger partial charge in [-0.15, -0.1) is 0 Å². The first-order chi connectivity index (χ1) is 8.69. The van der Waals surface area contributed by atoms with E-state index in [9.17, 15) is 4.79 Å². The summed E-state index contributed by atoms with van der Waals surface area (Å²) >= 11 is 0. The van der Waals surface area contributed by atoms with Crippen molar-refractivity contribution < 1.29 is 4.79 Å². The van der Waals surface area contributed by atoms with E-state index in [0.29, 0.717) is 6.04 Å². The second kappa shape index (κ2) is 8.52. The number of hydrogen-bond acceptors (Lipinski definition) is 2. The van der Waals surface area contributed by atoms with Gasteiger partial charge in [0.05, 0.1) is 0 Å². The molecule has 18 heavy (non-hydrogen) atoms. The zero-order chi connectivity index (χ0) is 13.4. The third kappa shape index (κ3) is 4.97. The standard InChI is InChI=1S/C15H30N2O/c1-4-6-10-17(11-7-5-2)15-8-12-16(13-9-15)14(3)18/h15H,4-13H2,1-3H3. The van der Waals surface area contributed by atoms with Gasteiger partial charge in [-0.1, -0.05) is 26.7 Å². The Morgan fingerprint density at radius 1 is 1.11 bits per heavy atom. The lowest BCUT2D eigenvalue weighted by Crippen LogP contribution is -2.46. The van der Waals surface area contributed by atoms with Crippen LogP contribution in [0.15, 0.2) is 0 Å². The molecule has 0 atom stereocenters. The zero-order valence-corrected chi connectivity index (χ0v) is 12.5. The highest BCUT2D eigenvalue weighted by Gasteiger charge is 2.24. The Morgan fingerprint density at radius 2 is 1.61 bits per heavy atom. The quantitative estimate of drug-likeness (QED) is 0.697. The molecule has 0 bridgehead atoms. The average molecular weight is 254 g/mol. The summed E-state index contributed by atoms with van der Waals surface area (Å²) in [5.41, 5.74) is 0. The summed E-state index contributed by atoms with van der Waals surface area (Å²) in [4.78, 5) is 16.0. The minimum absolute atomic E-state index is 0.238. The van der Waals surface area contributed by atoms with Crippen molar-refractivity contribution in [3.63, 3.8) is 0 Å². The highest BCUT2D eigenvalue weighted by molar-refractivity contribution is 5.73. The van der Waals surface area contributed by atoms with Gasteiger partial charge in [0.2, 0.25) is 5.91 Å². The van der Waals surface area contributed by atoms with Gasteiger partial charge in [-0.25, -0.2) is 0 Å². The van der Waals surface area contributed by atoms with Crippen LogP contribution in [0.5, 0.6) is 0 Å². The number of carbonyl (C=O) groups excluding carboxylic acids is 1. The molecule has 0 aromatic heterocycles. The number of unbranched alkanes of at least 4 members (excludes halogenated alkanes) is 2. The van der Waals surface area contributed by atoms with Gasteiger partial charge < -0.3 is 9.80 Å². The molecule has 0 aliphatic carbocycles. The van der Waals surface area contributed by atoms with E-state index in [1.54, 1.807) is 6.92 Å². The lowest BCUT2D eigenvalue weighted by atomic mass is 10.0. The molecule has 3 heteroatoms. The van der Waals surface area contributed by atoms with E-state index in [2.05, 4.69) is 18.7 Å². The SMILES string of the molecule is CCCCN(CCCC)C1CCN(C(C)=O)CC1. The largest absolute Gasteiger partial charge is 0.343 e. The molecule has 0 aromatic rings. The van der Waals surface area contributed by atoms with Gasteiger partial charge in [-0.2, -0.15) is 0 Å². The predicted octanol–water partition coefficient (Wildman–Crippen LogP) is 2.90. The Labute approximate surface area is 113 Å². The lowest BCUT2D eigenvalue weighted by molar-refractivity contribution is -0.130. The van der Waals surface area contributed by atoms with Crippen LogP contribution >= 0.6 is 0 Å². The number of piperidine rings is 1. The smallest absolute Gasteiger partial charge is 0.219 e. The zero-order valence-electron chi connectivity index (χ0n) is 12.5. The van der Waals surface area contributed by atoms with E-state index < -0.39 is 0 Å². The van der Waals surface area contributed by atoms with E-state index >= 15 is 0 Å². The molecular weight excluding hydrogens is 224 g/mol. The van der Waals surface area contributed by atoms with Crippen molar-refractivity contribution in [2.24, 2.45) is 0 Å². The highest BCUT2D eigenvalue weighted by Crippen LogP contribution is 2.18. The fourth-order valence-electron chi connectivity index (χ4n) is 2.75. The minimum atomic E-state index is 0.238. The first-order valence-electron chi connectivity index (χ1n) is 7.68. The summed E-state index contributed by atoms with van der Waals surface area (Å²) in [5.74, 6) is 0.238. The fraction of sp³-hybridized carbons (Fsp3) is 0.933. The minimum Gasteiger partial charge on any atom is -0.343 e. The summed E-state index contributed by atoms with van der Waals surface area (Å²) < 4.78 is 0. The molecular formula is C15H30N2O. The van der Waals surface area contributed by atoms with Crippen LogP contribution < -0.4 is 0 Å². The van der Waals surface area contributed by atoms with Gasteiger partial charge >= 0.3 is 0 Å². The molecule has 1 amide bonds. The van der Waals surface area contributed by atoms with E-state index in [4.69, 9.17) is 0 Å². The van der Waals surface area contributed by atoms with Gasteiger partial charge in [0.15, 0.2) is 0 Å². The third-order valence-corrected chi connectivity index (χ3v) is 4.02. The summed E-state index contributed by atoms with van der Waals surface area (Å²) in [6, 6.07) is 0.707. The number of hydrogen-bond donors (Lipinski definition) is 0. The van der Waals surface area contributed by atoms with Gasteiger partial charge in [-0.3, -0.25) is 4.79 Å². The van der Waals surface area contributed by atoms with Crippen LogP contribution in [-0.2, 0) is 4.79 Å².